The lowest BCUT2D eigenvalue weighted by Crippen LogP contribution is -2.42. The Morgan fingerprint density at radius 3 is 2.27 bits per heavy atom. The second-order valence-electron chi connectivity index (χ2n) is 4.51. The van der Waals surface area contributed by atoms with Crippen LogP contribution in [-0.4, -0.2) is 11.4 Å². The Balaban J connectivity index is 2.70. The average molecular weight is 226 g/mol. The monoisotopic (exact) mass is 225 g/mol. The van der Waals surface area contributed by atoms with E-state index in [1.54, 1.807) is 0 Å². The van der Waals surface area contributed by atoms with Gasteiger partial charge in [0.15, 0.2) is 0 Å². The number of benzene rings is 1. The highest BCUT2D eigenvalue weighted by Crippen LogP contribution is 2.20. The van der Waals surface area contributed by atoms with Crippen molar-refractivity contribution in [3.8, 4) is 0 Å². The number of carbonyl (C=O) groups is 1. The van der Waals surface area contributed by atoms with E-state index >= 15 is 0 Å². The molecule has 0 saturated heterocycles. The number of hydrogen-bond acceptors (Lipinski definition) is 1. The summed E-state index contributed by atoms with van der Waals surface area (Å²) < 4.78 is 0. The van der Waals surface area contributed by atoms with E-state index in [-0.39, 0.29) is 11.4 Å². The smallest absolute Gasteiger partial charge is 0.242 e. The molecule has 0 spiro atoms. The van der Waals surface area contributed by atoms with Crippen LogP contribution in [0.5, 0.6) is 0 Å². The van der Waals surface area contributed by atoms with E-state index in [4.69, 9.17) is 11.6 Å². The summed E-state index contributed by atoms with van der Waals surface area (Å²) >= 11 is 6.05. The van der Waals surface area contributed by atoms with Gasteiger partial charge in [-0.05, 0) is 26.3 Å². The van der Waals surface area contributed by atoms with Crippen molar-refractivity contribution in [2.45, 2.75) is 31.7 Å². The molecule has 0 aliphatic rings. The molecule has 0 bridgehead atoms. The molecule has 1 aromatic carbocycles. The van der Waals surface area contributed by atoms with Crippen LogP contribution >= 0.6 is 11.6 Å². The van der Waals surface area contributed by atoms with Crippen LogP contribution in [0.1, 0.15) is 31.7 Å². The Hall–Kier alpha value is -1.02. The fraction of sp³-hybridized carbons (Fsp3) is 0.417. The second-order valence-corrected chi connectivity index (χ2v) is 4.95. The fourth-order valence-electron chi connectivity index (χ4n) is 1.21. The van der Waals surface area contributed by atoms with E-state index in [9.17, 15) is 4.79 Å². The van der Waals surface area contributed by atoms with Crippen LogP contribution < -0.4 is 5.32 Å². The van der Waals surface area contributed by atoms with E-state index in [0.29, 0.717) is 0 Å². The average Bonchev–Trinajstić information content (AvgIpc) is 2.15. The Kier molecular flexibility index (Phi) is 3.75. The van der Waals surface area contributed by atoms with E-state index in [1.807, 2.05) is 51.1 Å². The summed E-state index contributed by atoms with van der Waals surface area (Å²) in [6.07, 6.45) is 0. The minimum atomic E-state index is -0.620. The molecule has 0 aromatic heterocycles. The fourth-order valence-corrected chi connectivity index (χ4v) is 1.41. The SMILES string of the molecule is CC(C)(C)NC(=O)C(Cl)c1ccccc1. The van der Waals surface area contributed by atoms with Crippen molar-refractivity contribution in [2.24, 2.45) is 0 Å². The van der Waals surface area contributed by atoms with Gasteiger partial charge in [-0.1, -0.05) is 30.3 Å². The summed E-state index contributed by atoms with van der Waals surface area (Å²) in [6.45, 7) is 5.79. The molecule has 15 heavy (non-hydrogen) atoms. The van der Waals surface area contributed by atoms with Crippen LogP contribution in [0.15, 0.2) is 30.3 Å². The molecule has 82 valence electrons. The van der Waals surface area contributed by atoms with Crippen LogP contribution in [0.25, 0.3) is 0 Å². The third kappa shape index (κ3) is 3.92. The predicted molar refractivity (Wildman–Crippen MR) is 62.9 cm³/mol. The van der Waals surface area contributed by atoms with Gasteiger partial charge in [0.25, 0.3) is 0 Å². The van der Waals surface area contributed by atoms with E-state index in [2.05, 4.69) is 5.32 Å². The van der Waals surface area contributed by atoms with E-state index in [1.165, 1.54) is 0 Å². The molecule has 1 amide bonds. The molecular formula is C12H16ClNO. The van der Waals surface area contributed by atoms with Gasteiger partial charge in [-0.2, -0.15) is 0 Å². The van der Waals surface area contributed by atoms with Gasteiger partial charge in [0.1, 0.15) is 5.38 Å². The first-order valence-corrected chi connectivity index (χ1v) is 5.35. The highest BCUT2D eigenvalue weighted by Gasteiger charge is 2.21. The lowest BCUT2D eigenvalue weighted by molar-refractivity contribution is -0.122. The van der Waals surface area contributed by atoms with Crippen LogP contribution in [0.2, 0.25) is 0 Å². The normalized spacial score (nSPS) is 13.3. The highest BCUT2D eigenvalue weighted by atomic mass is 35.5. The van der Waals surface area contributed by atoms with Gasteiger partial charge >= 0.3 is 0 Å². The van der Waals surface area contributed by atoms with Gasteiger partial charge in [-0.15, -0.1) is 11.6 Å². The third-order valence-corrected chi connectivity index (χ3v) is 2.27. The minimum absolute atomic E-state index is 0.157. The van der Waals surface area contributed by atoms with Crippen molar-refractivity contribution in [2.75, 3.05) is 0 Å². The molecule has 1 atom stereocenters. The number of nitrogens with one attached hydrogen (secondary N) is 1. The maximum absolute atomic E-state index is 11.7. The Morgan fingerprint density at radius 2 is 1.80 bits per heavy atom. The van der Waals surface area contributed by atoms with E-state index in [0.717, 1.165) is 5.56 Å². The maximum Gasteiger partial charge on any atom is 0.242 e. The zero-order valence-electron chi connectivity index (χ0n) is 9.25. The highest BCUT2D eigenvalue weighted by molar-refractivity contribution is 6.30. The second kappa shape index (κ2) is 4.67. The summed E-state index contributed by atoms with van der Waals surface area (Å²) in [4.78, 5) is 11.7. The lowest BCUT2D eigenvalue weighted by Gasteiger charge is -2.22. The van der Waals surface area contributed by atoms with Gasteiger partial charge in [-0.25, -0.2) is 0 Å². The summed E-state index contributed by atoms with van der Waals surface area (Å²) in [6, 6.07) is 9.33. The molecule has 0 heterocycles. The zero-order chi connectivity index (χ0) is 11.5. The summed E-state index contributed by atoms with van der Waals surface area (Å²) in [5, 5.41) is 2.23. The molecule has 0 saturated carbocycles. The van der Waals surface area contributed by atoms with Crippen molar-refractivity contribution in [1.29, 1.82) is 0 Å². The molecule has 0 fully saturated rings. The van der Waals surface area contributed by atoms with Gasteiger partial charge in [0.05, 0.1) is 0 Å². The van der Waals surface area contributed by atoms with Gasteiger partial charge in [0.2, 0.25) is 5.91 Å². The Labute approximate surface area is 95.6 Å². The molecule has 1 aromatic rings. The number of amides is 1. The molecule has 1 unspecified atom stereocenters. The topological polar surface area (TPSA) is 29.1 Å². The van der Waals surface area contributed by atoms with Gasteiger partial charge < -0.3 is 5.32 Å². The number of halogens is 1. The van der Waals surface area contributed by atoms with Crippen LogP contribution in [0.4, 0.5) is 0 Å². The van der Waals surface area contributed by atoms with Crippen molar-refractivity contribution in [3.05, 3.63) is 35.9 Å². The van der Waals surface area contributed by atoms with Crippen LogP contribution in [-0.2, 0) is 4.79 Å². The first-order valence-electron chi connectivity index (χ1n) is 4.91. The largest absolute Gasteiger partial charge is 0.350 e. The molecule has 3 heteroatoms. The van der Waals surface area contributed by atoms with Crippen molar-refractivity contribution >= 4 is 17.5 Å². The van der Waals surface area contributed by atoms with Gasteiger partial charge in [0, 0.05) is 5.54 Å². The minimum Gasteiger partial charge on any atom is -0.350 e. The Bertz CT molecular complexity index is 329. The van der Waals surface area contributed by atoms with Crippen LogP contribution in [0.3, 0.4) is 0 Å². The molecule has 1 rings (SSSR count). The third-order valence-electron chi connectivity index (χ3n) is 1.82. The maximum atomic E-state index is 11.7. The Morgan fingerprint density at radius 1 is 1.27 bits per heavy atom. The first kappa shape index (κ1) is 12.1. The quantitative estimate of drug-likeness (QED) is 0.771. The molecule has 0 aliphatic heterocycles. The predicted octanol–water partition coefficient (Wildman–Crippen LogP) is 2.88. The molecule has 2 nitrogen and oxygen atoms in total. The number of alkyl halides is 1. The molecular weight excluding hydrogens is 210 g/mol. The van der Waals surface area contributed by atoms with Crippen molar-refractivity contribution in [3.63, 3.8) is 0 Å². The molecule has 0 aliphatic carbocycles. The summed E-state index contributed by atoms with van der Waals surface area (Å²) in [7, 11) is 0. The summed E-state index contributed by atoms with van der Waals surface area (Å²) in [5.41, 5.74) is 0.569. The molecule has 1 N–H and O–H groups in total. The zero-order valence-corrected chi connectivity index (χ0v) is 10.0. The number of hydrogen-bond donors (Lipinski definition) is 1. The lowest BCUT2D eigenvalue weighted by atomic mass is 10.1. The van der Waals surface area contributed by atoms with Gasteiger partial charge in [-0.3, -0.25) is 4.79 Å². The molecule has 0 radical (unpaired) electrons. The first-order chi connectivity index (χ1) is 6.90. The van der Waals surface area contributed by atoms with Crippen LogP contribution in [0, 0.1) is 0 Å². The van der Waals surface area contributed by atoms with Crippen molar-refractivity contribution < 1.29 is 4.79 Å². The van der Waals surface area contributed by atoms with Crippen molar-refractivity contribution in [1.82, 2.24) is 5.32 Å². The number of carbonyl (C=O) groups excluding carboxylic acids is 1. The standard InChI is InChI=1S/C12H16ClNO/c1-12(2,3)14-11(15)10(13)9-7-5-4-6-8-9/h4-8,10H,1-3H3,(H,14,15). The summed E-state index contributed by atoms with van der Waals surface area (Å²) in [5.74, 6) is -0.157. The van der Waals surface area contributed by atoms with E-state index < -0.39 is 5.38 Å². The number of rotatable bonds is 2.